The maximum atomic E-state index is 13.4. The standard InChI is InChI=1S/C25H34N4O7/c1-7-29(23(33)18(15-19(26)30)28-24(34)36-25(4,5)6)21(17-11-9-10-16(3)14-17)22(32)27-13-12-20(31)35-8-2/h1,9-11,14,18,21H,8,12-13,15H2,2-6H3,(H2,26,30)(H,27,32)(H,28,34). The molecule has 0 aliphatic carbocycles. The highest BCUT2D eigenvalue weighted by Gasteiger charge is 2.36. The van der Waals surface area contributed by atoms with Gasteiger partial charge in [-0.2, -0.15) is 0 Å². The molecule has 1 rings (SSSR count). The van der Waals surface area contributed by atoms with Crippen LogP contribution >= 0.6 is 0 Å². The Balaban J connectivity index is 3.29. The van der Waals surface area contributed by atoms with E-state index in [9.17, 15) is 24.0 Å². The Hall–Kier alpha value is -4.07. The third kappa shape index (κ3) is 10.0. The molecular weight excluding hydrogens is 468 g/mol. The van der Waals surface area contributed by atoms with E-state index >= 15 is 0 Å². The van der Waals surface area contributed by atoms with Crippen LogP contribution in [0.3, 0.4) is 0 Å². The highest BCUT2D eigenvalue weighted by Crippen LogP contribution is 2.23. The molecule has 0 bridgehead atoms. The molecule has 0 saturated carbocycles. The van der Waals surface area contributed by atoms with E-state index in [4.69, 9.17) is 21.6 Å². The lowest BCUT2D eigenvalue weighted by molar-refractivity contribution is -0.143. The van der Waals surface area contributed by atoms with Crippen molar-refractivity contribution in [3.63, 3.8) is 0 Å². The van der Waals surface area contributed by atoms with E-state index in [1.54, 1.807) is 58.9 Å². The van der Waals surface area contributed by atoms with Gasteiger partial charge in [-0.3, -0.25) is 24.1 Å². The summed E-state index contributed by atoms with van der Waals surface area (Å²) in [6, 6.07) is 6.10. The quantitative estimate of drug-likeness (QED) is 0.234. The predicted octanol–water partition coefficient (Wildman–Crippen LogP) is 1.29. The van der Waals surface area contributed by atoms with E-state index in [1.807, 2.05) is 0 Å². The summed E-state index contributed by atoms with van der Waals surface area (Å²) in [5.74, 6) is -2.98. The van der Waals surface area contributed by atoms with Gasteiger partial charge < -0.3 is 25.8 Å². The van der Waals surface area contributed by atoms with Gasteiger partial charge in [0, 0.05) is 12.6 Å². The number of carbonyl (C=O) groups excluding carboxylic acids is 5. The van der Waals surface area contributed by atoms with Gasteiger partial charge in [0.25, 0.3) is 5.91 Å². The van der Waals surface area contributed by atoms with Crippen LogP contribution in [0.2, 0.25) is 0 Å². The van der Waals surface area contributed by atoms with Gasteiger partial charge in [0.2, 0.25) is 11.8 Å². The highest BCUT2D eigenvalue weighted by molar-refractivity contribution is 5.95. The molecule has 0 aliphatic heterocycles. The number of aryl methyl sites for hydroxylation is 1. The molecule has 1 aromatic rings. The zero-order chi connectivity index (χ0) is 27.5. The highest BCUT2D eigenvalue weighted by atomic mass is 16.6. The number of hydrogen-bond acceptors (Lipinski definition) is 7. The molecule has 0 fully saturated rings. The van der Waals surface area contributed by atoms with Gasteiger partial charge in [-0.05, 0) is 40.2 Å². The number of esters is 1. The van der Waals surface area contributed by atoms with Gasteiger partial charge in [-0.1, -0.05) is 36.3 Å². The summed E-state index contributed by atoms with van der Waals surface area (Å²) < 4.78 is 10.0. The van der Waals surface area contributed by atoms with Gasteiger partial charge in [0.1, 0.15) is 17.7 Å². The number of alkyl carbamates (subject to hydrolysis) is 1. The van der Waals surface area contributed by atoms with Crippen molar-refractivity contribution in [2.24, 2.45) is 5.73 Å². The molecular formula is C25H34N4O7. The number of terminal acetylenes is 1. The number of ether oxygens (including phenoxy) is 2. The predicted molar refractivity (Wildman–Crippen MR) is 131 cm³/mol. The minimum atomic E-state index is -1.49. The number of benzene rings is 1. The van der Waals surface area contributed by atoms with E-state index < -0.39 is 53.9 Å². The fraction of sp³-hybridized carbons (Fsp3) is 0.480. The van der Waals surface area contributed by atoms with Gasteiger partial charge >= 0.3 is 12.1 Å². The monoisotopic (exact) mass is 502 g/mol. The van der Waals surface area contributed by atoms with Gasteiger partial charge in [-0.25, -0.2) is 4.79 Å². The van der Waals surface area contributed by atoms with Crippen LogP contribution in [0.5, 0.6) is 0 Å². The van der Waals surface area contributed by atoms with E-state index in [2.05, 4.69) is 16.7 Å². The van der Waals surface area contributed by atoms with E-state index in [0.29, 0.717) is 5.56 Å². The van der Waals surface area contributed by atoms with Crippen LogP contribution in [-0.4, -0.2) is 59.5 Å². The van der Waals surface area contributed by atoms with Crippen LogP contribution in [0, 0.1) is 19.4 Å². The summed E-state index contributed by atoms with van der Waals surface area (Å²) in [5.41, 5.74) is 5.58. The molecule has 1 aromatic carbocycles. The molecule has 0 spiro atoms. The van der Waals surface area contributed by atoms with Crippen LogP contribution in [0.15, 0.2) is 24.3 Å². The van der Waals surface area contributed by atoms with Crippen molar-refractivity contribution in [3.8, 4) is 12.5 Å². The van der Waals surface area contributed by atoms with Crippen molar-refractivity contribution in [2.75, 3.05) is 13.2 Å². The van der Waals surface area contributed by atoms with Crippen molar-refractivity contribution in [3.05, 3.63) is 35.4 Å². The van der Waals surface area contributed by atoms with Crippen molar-refractivity contribution < 1.29 is 33.4 Å². The first-order valence-corrected chi connectivity index (χ1v) is 11.4. The first-order valence-electron chi connectivity index (χ1n) is 11.4. The Labute approximate surface area is 211 Å². The zero-order valence-electron chi connectivity index (χ0n) is 21.3. The van der Waals surface area contributed by atoms with Gasteiger partial charge in [0.15, 0.2) is 0 Å². The first kappa shape index (κ1) is 30.0. The van der Waals surface area contributed by atoms with E-state index in [0.717, 1.165) is 10.5 Å². The van der Waals surface area contributed by atoms with Crippen LogP contribution in [0.1, 0.15) is 57.7 Å². The van der Waals surface area contributed by atoms with Gasteiger partial charge in [-0.15, -0.1) is 0 Å². The number of carbonyl (C=O) groups is 5. The average Bonchev–Trinajstić information content (AvgIpc) is 2.74. The second-order valence-electron chi connectivity index (χ2n) is 8.87. The first-order chi connectivity index (χ1) is 16.8. The molecule has 11 heteroatoms. The smallest absolute Gasteiger partial charge is 0.408 e. The summed E-state index contributed by atoms with van der Waals surface area (Å²) in [4.78, 5) is 63.0. The molecule has 196 valence electrons. The molecule has 2 atom stereocenters. The molecule has 0 heterocycles. The zero-order valence-corrected chi connectivity index (χ0v) is 21.3. The van der Waals surface area contributed by atoms with Crippen molar-refractivity contribution in [1.82, 2.24) is 15.5 Å². The molecule has 0 saturated heterocycles. The Bertz CT molecular complexity index is 1010. The van der Waals surface area contributed by atoms with E-state index in [1.165, 1.54) is 0 Å². The number of hydrogen-bond donors (Lipinski definition) is 3. The fourth-order valence-corrected chi connectivity index (χ4v) is 3.16. The summed E-state index contributed by atoms with van der Waals surface area (Å²) in [6.07, 6.45) is 4.01. The molecule has 4 N–H and O–H groups in total. The van der Waals surface area contributed by atoms with Gasteiger partial charge in [0.05, 0.1) is 19.4 Å². The number of amides is 4. The van der Waals surface area contributed by atoms with Crippen molar-refractivity contribution >= 4 is 29.8 Å². The average molecular weight is 503 g/mol. The summed E-state index contributed by atoms with van der Waals surface area (Å²) in [5, 5.41) is 4.88. The van der Waals surface area contributed by atoms with E-state index in [-0.39, 0.29) is 19.6 Å². The Morgan fingerprint density at radius 1 is 1.19 bits per heavy atom. The third-order valence-corrected chi connectivity index (χ3v) is 4.57. The number of rotatable bonds is 11. The van der Waals surface area contributed by atoms with Crippen LogP contribution in [-0.2, 0) is 28.7 Å². The SMILES string of the molecule is C#CN(C(=O)C(CC(N)=O)NC(=O)OC(C)(C)C)C(C(=O)NCCC(=O)OCC)c1cccc(C)c1. The fourth-order valence-electron chi connectivity index (χ4n) is 3.16. The normalized spacial score (nSPS) is 12.3. The second kappa shape index (κ2) is 13.7. The lowest BCUT2D eigenvalue weighted by Crippen LogP contribution is -2.52. The molecule has 11 nitrogen and oxygen atoms in total. The van der Waals surface area contributed by atoms with Crippen LogP contribution < -0.4 is 16.4 Å². The third-order valence-electron chi connectivity index (χ3n) is 4.57. The lowest BCUT2D eigenvalue weighted by Gasteiger charge is -2.30. The summed E-state index contributed by atoms with van der Waals surface area (Å²) in [6.45, 7) is 8.46. The number of primary amides is 1. The van der Waals surface area contributed by atoms with Crippen LogP contribution in [0.4, 0.5) is 4.79 Å². The number of nitrogens with one attached hydrogen (secondary N) is 2. The molecule has 0 aromatic heterocycles. The Morgan fingerprint density at radius 2 is 1.86 bits per heavy atom. The Morgan fingerprint density at radius 3 is 2.39 bits per heavy atom. The molecule has 4 amide bonds. The number of nitrogens with two attached hydrogens (primary N) is 1. The largest absolute Gasteiger partial charge is 0.466 e. The number of nitrogens with zero attached hydrogens (tertiary/aromatic N) is 1. The maximum absolute atomic E-state index is 13.4. The Kier molecular flexibility index (Phi) is 11.4. The van der Waals surface area contributed by atoms with Crippen molar-refractivity contribution in [1.29, 1.82) is 0 Å². The molecule has 2 unspecified atom stereocenters. The molecule has 0 aliphatic rings. The minimum Gasteiger partial charge on any atom is -0.466 e. The van der Waals surface area contributed by atoms with Crippen molar-refractivity contribution in [2.45, 2.75) is 65.1 Å². The second-order valence-corrected chi connectivity index (χ2v) is 8.87. The summed E-state index contributed by atoms with van der Waals surface area (Å²) in [7, 11) is 0. The minimum absolute atomic E-state index is 0.0620. The topological polar surface area (TPSA) is 157 Å². The molecule has 36 heavy (non-hydrogen) atoms. The van der Waals surface area contributed by atoms with Crippen LogP contribution in [0.25, 0.3) is 0 Å². The lowest BCUT2D eigenvalue weighted by atomic mass is 10.0. The summed E-state index contributed by atoms with van der Waals surface area (Å²) >= 11 is 0. The molecule has 0 radical (unpaired) electrons. The maximum Gasteiger partial charge on any atom is 0.408 e.